The zero-order valence-corrected chi connectivity index (χ0v) is 21.7. The van der Waals surface area contributed by atoms with Gasteiger partial charge in [0, 0.05) is 15.9 Å². The standard InChI is InChI=1S/C10H16F2O5.C6H10O3.C4H5BrF2O2/c1-4-15-8(14)10(11,12)7(13)6-5-16-9(2,3)17-6;1-6(2)8-4-5(3-7)9-6;1-2-9-3(8)4(5,6)7/h6-7,13H,4-5H2,1-3H3;3,5H,4H2,1-2H3;2H2,1H3. The number of aliphatic hydroxyl groups is 1. The van der Waals surface area contributed by atoms with E-state index in [9.17, 15) is 37.1 Å². The summed E-state index contributed by atoms with van der Waals surface area (Å²) in [4.78, 5) is 27.6. The SMILES string of the molecule is CC1(C)OCC(C=O)O1.CCOC(=O)C(F)(F)Br.CCOC(=O)C(F)(F)C(O)C1COC(C)(C)O1. The van der Waals surface area contributed by atoms with Crippen LogP contribution in [0.25, 0.3) is 0 Å². The molecular formula is C20H31BrF4O10. The van der Waals surface area contributed by atoms with E-state index < -0.39 is 46.5 Å². The number of hydrogen-bond acceptors (Lipinski definition) is 10. The first-order valence-corrected chi connectivity index (χ1v) is 11.2. The van der Waals surface area contributed by atoms with E-state index in [1.807, 2.05) is 15.9 Å². The molecule has 35 heavy (non-hydrogen) atoms. The van der Waals surface area contributed by atoms with Gasteiger partial charge in [0.05, 0.1) is 26.4 Å². The first kappa shape index (κ1) is 33.6. The Labute approximate surface area is 208 Å². The van der Waals surface area contributed by atoms with Crippen molar-refractivity contribution < 1.29 is 65.5 Å². The summed E-state index contributed by atoms with van der Waals surface area (Å²) in [5, 5.41) is 9.45. The number of esters is 2. The molecule has 206 valence electrons. The van der Waals surface area contributed by atoms with Gasteiger partial charge in [-0.15, -0.1) is 0 Å². The highest BCUT2D eigenvalue weighted by Gasteiger charge is 2.54. The third-order valence-corrected chi connectivity index (χ3v) is 4.31. The molecule has 2 aliphatic rings. The first-order valence-electron chi connectivity index (χ1n) is 10.4. The lowest BCUT2D eigenvalue weighted by molar-refractivity contribution is -0.210. The second-order valence-corrected chi connectivity index (χ2v) is 8.87. The average Bonchev–Trinajstić information content (AvgIpc) is 3.28. The van der Waals surface area contributed by atoms with Crippen molar-refractivity contribution in [3.63, 3.8) is 0 Å². The lowest BCUT2D eigenvalue weighted by atomic mass is 10.1. The Morgan fingerprint density at radius 2 is 1.46 bits per heavy atom. The van der Waals surface area contributed by atoms with Gasteiger partial charge in [-0.1, -0.05) is 0 Å². The number of alkyl halides is 5. The van der Waals surface area contributed by atoms with E-state index in [-0.39, 0.29) is 25.9 Å². The van der Waals surface area contributed by atoms with Gasteiger partial charge < -0.3 is 38.3 Å². The van der Waals surface area contributed by atoms with Crippen LogP contribution in [0.3, 0.4) is 0 Å². The normalized spacial score (nSPS) is 23.7. The summed E-state index contributed by atoms with van der Waals surface area (Å²) in [6.45, 7) is 9.45. The van der Waals surface area contributed by atoms with Crippen LogP contribution in [0.2, 0.25) is 0 Å². The third-order valence-electron chi connectivity index (χ3n) is 3.99. The van der Waals surface area contributed by atoms with Crippen LogP contribution >= 0.6 is 15.9 Å². The van der Waals surface area contributed by atoms with Crippen LogP contribution in [-0.4, -0.2) is 90.4 Å². The fraction of sp³-hybridized carbons (Fsp3) is 0.850. The summed E-state index contributed by atoms with van der Waals surface area (Å²) >= 11 is 1.84. The van der Waals surface area contributed by atoms with Crippen molar-refractivity contribution in [3.05, 3.63) is 0 Å². The van der Waals surface area contributed by atoms with Crippen molar-refractivity contribution in [3.8, 4) is 0 Å². The summed E-state index contributed by atoms with van der Waals surface area (Å²) in [5.41, 5.74) is 0. The average molecular weight is 587 g/mol. The predicted molar refractivity (Wildman–Crippen MR) is 114 cm³/mol. The van der Waals surface area contributed by atoms with Gasteiger partial charge in [-0.25, -0.2) is 9.59 Å². The van der Waals surface area contributed by atoms with Crippen LogP contribution < -0.4 is 0 Å². The molecule has 0 aromatic carbocycles. The minimum absolute atomic E-state index is 0.0416. The number of carbonyl (C=O) groups is 3. The van der Waals surface area contributed by atoms with E-state index in [0.29, 0.717) is 6.61 Å². The Bertz CT molecular complexity index is 700. The van der Waals surface area contributed by atoms with Crippen LogP contribution in [0.5, 0.6) is 0 Å². The second-order valence-electron chi connectivity index (χ2n) is 7.88. The highest BCUT2D eigenvalue weighted by Crippen LogP contribution is 2.31. The van der Waals surface area contributed by atoms with E-state index in [2.05, 4.69) is 9.47 Å². The molecule has 0 aromatic heterocycles. The van der Waals surface area contributed by atoms with Crippen LogP contribution in [-0.2, 0) is 42.8 Å². The topological polar surface area (TPSA) is 127 Å². The van der Waals surface area contributed by atoms with Crippen LogP contribution in [0.15, 0.2) is 0 Å². The van der Waals surface area contributed by atoms with Gasteiger partial charge >= 0.3 is 22.7 Å². The monoisotopic (exact) mass is 586 g/mol. The quantitative estimate of drug-likeness (QED) is 0.206. The highest BCUT2D eigenvalue weighted by atomic mass is 79.9. The maximum absolute atomic E-state index is 13.4. The van der Waals surface area contributed by atoms with Gasteiger partial charge in [-0.05, 0) is 41.5 Å². The molecule has 0 aliphatic carbocycles. The molecule has 10 nitrogen and oxygen atoms in total. The Morgan fingerprint density at radius 1 is 1.00 bits per heavy atom. The lowest BCUT2D eigenvalue weighted by Gasteiger charge is -2.25. The molecule has 0 bridgehead atoms. The van der Waals surface area contributed by atoms with Crippen molar-refractivity contribution in [1.29, 1.82) is 0 Å². The smallest absolute Gasteiger partial charge is 0.395 e. The largest absolute Gasteiger partial charge is 0.461 e. The predicted octanol–water partition coefficient (Wildman–Crippen LogP) is 2.57. The van der Waals surface area contributed by atoms with Crippen molar-refractivity contribution in [2.75, 3.05) is 26.4 Å². The van der Waals surface area contributed by atoms with Gasteiger partial charge in [0.15, 0.2) is 24.0 Å². The third kappa shape index (κ3) is 11.9. The number of aldehydes is 1. The number of ether oxygens (including phenoxy) is 6. The Hall–Kier alpha value is -1.39. The molecule has 1 N–H and O–H groups in total. The van der Waals surface area contributed by atoms with E-state index in [1.54, 1.807) is 13.8 Å². The molecule has 0 amide bonds. The van der Waals surface area contributed by atoms with Gasteiger partial charge in [0.2, 0.25) is 0 Å². The summed E-state index contributed by atoms with van der Waals surface area (Å²) in [6.07, 6.45) is -3.15. The molecule has 2 heterocycles. The Morgan fingerprint density at radius 3 is 1.74 bits per heavy atom. The number of halogens is 5. The second kappa shape index (κ2) is 13.8. The number of aliphatic hydroxyl groups excluding tert-OH is 1. The summed E-state index contributed by atoms with van der Waals surface area (Å²) in [5.74, 6) is -8.93. The van der Waals surface area contributed by atoms with E-state index in [0.717, 1.165) is 6.29 Å². The fourth-order valence-corrected chi connectivity index (χ4v) is 2.56. The number of carbonyl (C=O) groups excluding carboxylic acids is 3. The van der Waals surface area contributed by atoms with E-state index in [4.69, 9.17) is 18.9 Å². The first-order chi connectivity index (χ1) is 15.8. The highest BCUT2D eigenvalue weighted by molar-refractivity contribution is 9.10. The molecule has 0 aromatic rings. The van der Waals surface area contributed by atoms with Gasteiger partial charge in [-0.3, -0.25) is 0 Å². The maximum Gasteiger partial charge on any atom is 0.395 e. The summed E-state index contributed by atoms with van der Waals surface area (Å²) in [6, 6.07) is 0. The maximum atomic E-state index is 13.4. The molecule has 2 rings (SSSR count). The van der Waals surface area contributed by atoms with Crippen molar-refractivity contribution in [2.45, 2.75) is 82.2 Å². The lowest BCUT2D eigenvalue weighted by Crippen LogP contribution is -2.50. The van der Waals surface area contributed by atoms with Crippen LogP contribution in [0.4, 0.5) is 17.6 Å². The van der Waals surface area contributed by atoms with Gasteiger partial charge in [-0.2, -0.15) is 17.6 Å². The van der Waals surface area contributed by atoms with Crippen molar-refractivity contribution >= 4 is 34.2 Å². The van der Waals surface area contributed by atoms with Crippen molar-refractivity contribution in [2.24, 2.45) is 0 Å². The molecule has 2 aliphatic heterocycles. The van der Waals surface area contributed by atoms with E-state index >= 15 is 0 Å². The fourth-order valence-electron chi connectivity index (χ4n) is 2.45. The van der Waals surface area contributed by atoms with Crippen molar-refractivity contribution in [1.82, 2.24) is 0 Å². The minimum Gasteiger partial charge on any atom is -0.461 e. The minimum atomic E-state index is -4.01. The van der Waals surface area contributed by atoms with Gasteiger partial charge in [0.1, 0.15) is 12.2 Å². The Kier molecular flexibility index (Phi) is 13.2. The molecule has 2 saturated heterocycles. The molecule has 2 fully saturated rings. The molecule has 15 heteroatoms. The van der Waals surface area contributed by atoms with Crippen LogP contribution in [0, 0.1) is 0 Å². The van der Waals surface area contributed by atoms with Gasteiger partial charge in [0.25, 0.3) is 0 Å². The van der Waals surface area contributed by atoms with E-state index in [1.165, 1.54) is 27.7 Å². The molecule has 0 spiro atoms. The number of hydrogen-bond donors (Lipinski definition) is 1. The molecule has 3 unspecified atom stereocenters. The number of rotatable bonds is 7. The van der Waals surface area contributed by atoms with Crippen LogP contribution in [0.1, 0.15) is 41.5 Å². The zero-order chi connectivity index (χ0) is 27.7. The molecule has 0 radical (unpaired) electrons. The molecular weight excluding hydrogens is 556 g/mol. The Balaban J connectivity index is 0.000000543. The molecule has 0 saturated carbocycles. The summed E-state index contributed by atoms with van der Waals surface area (Å²) in [7, 11) is 0. The summed E-state index contributed by atoms with van der Waals surface area (Å²) < 4.78 is 78.8. The zero-order valence-electron chi connectivity index (χ0n) is 20.1. The molecule has 3 atom stereocenters.